The van der Waals surface area contributed by atoms with Crippen molar-refractivity contribution >= 4 is 58.3 Å². The van der Waals surface area contributed by atoms with E-state index in [1.165, 1.54) is 35.7 Å². The molecule has 1 aliphatic carbocycles. The van der Waals surface area contributed by atoms with Crippen molar-refractivity contribution in [2.45, 2.75) is 60.8 Å². The van der Waals surface area contributed by atoms with Crippen LogP contribution in [0.2, 0.25) is 10.0 Å². The summed E-state index contributed by atoms with van der Waals surface area (Å²) in [5.74, 6) is -2.06. The van der Waals surface area contributed by atoms with E-state index in [0.29, 0.717) is 9.79 Å². The number of carbonyl (C=O) groups excluding carboxylic acids is 2. The van der Waals surface area contributed by atoms with Crippen LogP contribution in [0.1, 0.15) is 73.4 Å². The predicted molar refractivity (Wildman–Crippen MR) is 124 cm³/mol. The molecule has 2 aromatic carbocycles. The highest BCUT2D eigenvalue weighted by molar-refractivity contribution is 8.03. The van der Waals surface area contributed by atoms with Gasteiger partial charge in [0.2, 0.25) is 0 Å². The minimum Gasteiger partial charge on any atom is -0.507 e. The first kappa shape index (κ1) is 23.3. The van der Waals surface area contributed by atoms with Gasteiger partial charge in [0.15, 0.2) is 11.6 Å². The highest BCUT2D eigenvalue weighted by Gasteiger charge is 2.41. The minimum absolute atomic E-state index is 0.0370. The monoisotopic (exact) mass is 484 g/mol. The average molecular weight is 485 g/mol. The quantitative estimate of drug-likeness (QED) is 0.302. The number of ketones is 2. The molecule has 1 aliphatic rings. The molecule has 0 saturated carbocycles. The molecular formula is C22H22Cl2O4S2. The maximum atomic E-state index is 13.3. The van der Waals surface area contributed by atoms with Crippen LogP contribution in [-0.2, 0) is 0 Å². The van der Waals surface area contributed by atoms with E-state index in [9.17, 15) is 19.8 Å². The van der Waals surface area contributed by atoms with Crippen molar-refractivity contribution in [2.75, 3.05) is 0 Å². The van der Waals surface area contributed by atoms with Crippen LogP contribution in [0.3, 0.4) is 0 Å². The van der Waals surface area contributed by atoms with E-state index in [1.807, 2.05) is 41.5 Å². The Morgan fingerprint density at radius 2 is 0.967 bits per heavy atom. The lowest BCUT2D eigenvalue weighted by Crippen LogP contribution is -2.24. The van der Waals surface area contributed by atoms with Gasteiger partial charge in [-0.1, -0.05) is 64.7 Å². The Kier molecular flexibility index (Phi) is 5.96. The zero-order valence-electron chi connectivity index (χ0n) is 17.4. The molecule has 30 heavy (non-hydrogen) atoms. The number of phenolic OH excluding ortho intramolecular Hbond substituents is 2. The van der Waals surface area contributed by atoms with Crippen molar-refractivity contribution in [1.82, 2.24) is 0 Å². The Bertz CT molecular complexity index is 1010. The molecule has 0 saturated heterocycles. The third kappa shape index (κ3) is 4.07. The van der Waals surface area contributed by atoms with Gasteiger partial charge in [0, 0.05) is 19.3 Å². The predicted octanol–water partition coefficient (Wildman–Crippen LogP) is 6.96. The zero-order chi connectivity index (χ0) is 22.8. The van der Waals surface area contributed by atoms with Crippen LogP contribution in [0, 0.1) is 0 Å². The molecule has 3 rings (SSSR count). The fourth-order valence-electron chi connectivity index (χ4n) is 3.16. The number of benzene rings is 2. The van der Waals surface area contributed by atoms with Gasteiger partial charge in [-0.05, 0) is 12.1 Å². The molecule has 0 aromatic heterocycles. The first-order valence-corrected chi connectivity index (χ1v) is 11.6. The Morgan fingerprint density at radius 3 is 1.23 bits per heavy atom. The second-order valence-corrected chi connectivity index (χ2v) is 13.4. The number of thioether (sulfide) groups is 2. The Morgan fingerprint density at radius 1 is 0.667 bits per heavy atom. The van der Waals surface area contributed by atoms with E-state index in [-0.39, 0.29) is 41.8 Å². The first-order valence-electron chi connectivity index (χ1n) is 9.21. The molecule has 0 heterocycles. The van der Waals surface area contributed by atoms with Crippen LogP contribution in [0.4, 0.5) is 0 Å². The van der Waals surface area contributed by atoms with Crippen molar-refractivity contribution in [2.24, 2.45) is 0 Å². The van der Waals surface area contributed by atoms with Crippen molar-refractivity contribution in [1.29, 1.82) is 0 Å². The molecule has 0 atom stereocenters. The molecule has 0 bridgehead atoms. The van der Waals surface area contributed by atoms with E-state index in [4.69, 9.17) is 23.2 Å². The van der Waals surface area contributed by atoms with E-state index >= 15 is 0 Å². The summed E-state index contributed by atoms with van der Waals surface area (Å²) in [5, 5.41) is 20.8. The Balaban J connectivity index is 2.42. The molecule has 0 fully saturated rings. The number of fused-ring (bicyclic) bond motifs is 2. The smallest absolute Gasteiger partial charge is 0.199 e. The summed E-state index contributed by atoms with van der Waals surface area (Å²) in [5.41, 5.74) is -0.586. The number of halogens is 2. The number of hydrogen-bond donors (Lipinski definition) is 2. The fourth-order valence-corrected chi connectivity index (χ4v) is 6.30. The second-order valence-electron chi connectivity index (χ2n) is 8.98. The molecule has 0 amide bonds. The molecule has 2 N–H and O–H groups in total. The molecule has 0 spiro atoms. The molecule has 0 unspecified atom stereocenters. The van der Waals surface area contributed by atoms with E-state index in [2.05, 4.69) is 0 Å². The molecule has 160 valence electrons. The van der Waals surface area contributed by atoms with Gasteiger partial charge in [0.05, 0.1) is 32.3 Å². The van der Waals surface area contributed by atoms with Gasteiger partial charge in [-0.3, -0.25) is 9.59 Å². The number of rotatable bonds is 2. The number of phenols is 2. The van der Waals surface area contributed by atoms with Crippen LogP contribution >= 0.6 is 46.7 Å². The van der Waals surface area contributed by atoms with Crippen LogP contribution in [-0.4, -0.2) is 31.3 Å². The zero-order valence-corrected chi connectivity index (χ0v) is 20.6. The van der Waals surface area contributed by atoms with Crippen molar-refractivity contribution < 1.29 is 19.8 Å². The van der Waals surface area contributed by atoms with Crippen molar-refractivity contribution in [3.8, 4) is 11.5 Å². The number of aromatic hydroxyl groups is 2. The molecule has 4 nitrogen and oxygen atoms in total. The third-order valence-electron chi connectivity index (χ3n) is 4.18. The van der Waals surface area contributed by atoms with Crippen LogP contribution in [0.15, 0.2) is 21.9 Å². The maximum Gasteiger partial charge on any atom is 0.199 e. The van der Waals surface area contributed by atoms with Crippen molar-refractivity contribution in [3.05, 3.63) is 44.4 Å². The molecular weight excluding hydrogens is 463 g/mol. The normalized spacial score (nSPS) is 14.0. The van der Waals surface area contributed by atoms with E-state index < -0.39 is 23.1 Å². The summed E-state index contributed by atoms with van der Waals surface area (Å²) in [6.45, 7) is 12.1. The maximum absolute atomic E-state index is 13.3. The van der Waals surface area contributed by atoms with Gasteiger partial charge < -0.3 is 10.2 Å². The summed E-state index contributed by atoms with van der Waals surface area (Å²) < 4.78 is -0.483. The topological polar surface area (TPSA) is 74.6 Å². The number of hydrogen-bond acceptors (Lipinski definition) is 6. The van der Waals surface area contributed by atoms with E-state index in [0.717, 1.165) is 0 Å². The van der Waals surface area contributed by atoms with Crippen LogP contribution in [0.25, 0.3) is 0 Å². The first-order chi connectivity index (χ1) is 13.6. The second kappa shape index (κ2) is 7.66. The van der Waals surface area contributed by atoms with Gasteiger partial charge in [-0.25, -0.2) is 0 Å². The van der Waals surface area contributed by atoms with E-state index in [1.54, 1.807) is 0 Å². The van der Waals surface area contributed by atoms with Gasteiger partial charge in [0.1, 0.15) is 11.5 Å². The highest BCUT2D eigenvalue weighted by atomic mass is 35.5. The van der Waals surface area contributed by atoms with Crippen LogP contribution < -0.4 is 0 Å². The van der Waals surface area contributed by atoms with Gasteiger partial charge in [-0.15, -0.1) is 23.5 Å². The summed E-state index contributed by atoms with van der Waals surface area (Å²) in [7, 11) is 0. The summed E-state index contributed by atoms with van der Waals surface area (Å²) in [6, 6.07) is 2.35. The standard InChI is InChI=1S/C22H22Cl2O4S2/c1-21(2,3)29-19-15(23)13-14(16(24)20(19)30-22(4,5)6)18(28)12-10(26)8-7-9(25)11(12)17(13)27/h7-8,25-26H,1-6H3. The summed E-state index contributed by atoms with van der Waals surface area (Å²) >= 11 is 16.4. The molecule has 2 aromatic rings. The summed E-state index contributed by atoms with van der Waals surface area (Å²) in [4.78, 5) is 27.9. The lowest BCUT2D eigenvalue weighted by atomic mass is 9.83. The Labute approximate surface area is 194 Å². The lowest BCUT2D eigenvalue weighted by Gasteiger charge is -2.29. The molecule has 8 heteroatoms. The Hall–Kier alpha value is -1.34. The molecule has 0 radical (unpaired) electrons. The van der Waals surface area contributed by atoms with Gasteiger partial charge in [0.25, 0.3) is 0 Å². The van der Waals surface area contributed by atoms with Crippen molar-refractivity contribution in [3.63, 3.8) is 0 Å². The fraction of sp³-hybridized carbons (Fsp3) is 0.364. The van der Waals surface area contributed by atoms with Crippen LogP contribution in [0.5, 0.6) is 11.5 Å². The summed E-state index contributed by atoms with van der Waals surface area (Å²) in [6.07, 6.45) is 0. The number of carbonyl (C=O) groups is 2. The largest absolute Gasteiger partial charge is 0.507 e. The minimum atomic E-state index is -0.636. The third-order valence-corrected chi connectivity index (χ3v) is 7.74. The lowest BCUT2D eigenvalue weighted by molar-refractivity contribution is 0.0974. The average Bonchev–Trinajstić information content (AvgIpc) is 2.58. The van der Waals surface area contributed by atoms with Gasteiger partial charge >= 0.3 is 0 Å². The van der Waals surface area contributed by atoms with Gasteiger partial charge in [-0.2, -0.15) is 0 Å². The highest BCUT2D eigenvalue weighted by Crippen LogP contribution is 2.53. The SMILES string of the molecule is CC(C)(C)Sc1c(Cl)c2c(c(Cl)c1SC(C)(C)C)C(=O)c1c(O)ccc(O)c1C2=O. The molecule has 0 aliphatic heterocycles.